The van der Waals surface area contributed by atoms with Gasteiger partial charge < -0.3 is 20.3 Å². The van der Waals surface area contributed by atoms with Crippen LogP contribution in [0.5, 0.6) is 0 Å². The number of hydrogen-bond acceptors (Lipinski definition) is 5. The van der Waals surface area contributed by atoms with Crippen molar-refractivity contribution in [2.75, 3.05) is 11.4 Å². The number of para-hydroxylation sites is 1. The second kappa shape index (κ2) is 10.9. The molecule has 0 saturated carbocycles. The van der Waals surface area contributed by atoms with Crippen molar-refractivity contribution in [2.24, 2.45) is 4.99 Å². The van der Waals surface area contributed by atoms with Crippen LogP contribution in [-0.2, 0) is 27.2 Å². The van der Waals surface area contributed by atoms with Crippen LogP contribution in [0, 0.1) is 5.82 Å². The van der Waals surface area contributed by atoms with Crippen LogP contribution in [0.1, 0.15) is 43.0 Å². The monoisotopic (exact) mass is 542 g/mol. The lowest BCUT2D eigenvalue weighted by Gasteiger charge is -2.25. The minimum absolute atomic E-state index is 0.158. The first kappa shape index (κ1) is 27.1. The van der Waals surface area contributed by atoms with E-state index in [1.165, 1.54) is 6.07 Å². The van der Waals surface area contributed by atoms with Crippen molar-refractivity contribution < 1.29 is 23.5 Å². The number of anilines is 1. The second-order valence-corrected chi connectivity index (χ2v) is 10.8. The summed E-state index contributed by atoms with van der Waals surface area (Å²) in [5.74, 6) is -1.53. The first-order valence-corrected chi connectivity index (χ1v) is 13.2. The van der Waals surface area contributed by atoms with Crippen LogP contribution in [0.2, 0.25) is 0 Å². The van der Waals surface area contributed by atoms with E-state index in [9.17, 15) is 14.4 Å². The number of carbonyl (C=O) groups excluding carboxylic acids is 3. The van der Waals surface area contributed by atoms with Gasteiger partial charge in [-0.2, -0.15) is 0 Å². The normalized spacial score (nSPS) is 16.9. The molecule has 2 heterocycles. The third-order valence-corrected chi connectivity index (χ3v) is 6.71. The first-order valence-electron chi connectivity index (χ1n) is 13.2. The van der Waals surface area contributed by atoms with Gasteiger partial charge in [0.05, 0.1) is 11.4 Å². The summed E-state index contributed by atoms with van der Waals surface area (Å²) in [6.45, 7) is 5.60. The van der Waals surface area contributed by atoms with Crippen LogP contribution in [0.15, 0.2) is 77.8 Å². The number of aliphatic imine (C=N–C) groups is 1. The molecular weight excluding hydrogens is 511 g/mol. The Morgan fingerprint density at radius 1 is 1.02 bits per heavy atom. The predicted octanol–water partition coefficient (Wildman–Crippen LogP) is 4.14. The van der Waals surface area contributed by atoms with Gasteiger partial charge in [-0.05, 0) is 50.5 Å². The number of hydrogen-bond donors (Lipinski definition) is 2. The van der Waals surface area contributed by atoms with Crippen molar-refractivity contribution in [1.82, 2.24) is 10.6 Å². The van der Waals surface area contributed by atoms with Crippen LogP contribution in [0.3, 0.4) is 0 Å². The Morgan fingerprint density at radius 3 is 2.45 bits per heavy atom. The predicted molar refractivity (Wildman–Crippen MR) is 150 cm³/mol. The highest BCUT2D eigenvalue weighted by Gasteiger charge is 2.38. The van der Waals surface area contributed by atoms with Gasteiger partial charge in [-0.25, -0.2) is 14.2 Å². The molecular formula is C31H31FN4O4. The smallest absolute Gasteiger partial charge is 0.408 e. The van der Waals surface area contributed by atoms with E-state index in [0.29, 0.717) is 24.2 Å². The fourth-order valence-corrected chi connectivity index (χ4v) is 4.97. The van der Waals surface area contributed by atoms with Crippen LogP contribution in [0.25, 0.3) is 0 Å². The summed E-state index contributed by atoms with van der Waals surface area (Å²) >= 11 is 0. The molecule has 0 unspecified atom stereocenters. The molecule has 206 valence electrons. The van der Waals surface area contributed by atoms with E-state index < -0.39 is 41.5 Å². The lowest BCUT2D eigenvalue weighted by atomic mass is 9.98. The van der Waals surface area contributed by atoms with E-state index in [2.05, 4.69) is 15.6 Å². The van der Waals surface area contributed by atoms with E-state index in [1.807, 2.05) is 48.5 Å². The average molecular weight is 543 g/mol. The number of benzene rings is 3. The Labute approximate surface area is 232 Å². The van der Waals surface area contributed by atoms with E-state index in [1.54, 1.807) is 43.9 Å². The number of ether oxygens (including phenoxy) is 1. The molecule has 2 atom stereocenters. The van der Waals surface area contributed by atoms with Crippen LogP contribution < -0.4 is 15.5 Å². The molecule has 2 aliphatic heterocycles. The third-order valence-electron chi connectivity index (χ3n) is 6.71. The zero-order chi connectivity index (χ0) is 28.4. The highest BCUT2D eigenvalue weighted by Crippen LogP contribution is 2.36. The number of nitrogens with zero attached hydrogens (tertiary/aromatic N) is 2. The molecule has 3 aromatic carbocycles. The van der Waals surface area contributed by atoms with Crippen LogP contribution >= 0.6 is 0 Å². The lowest BCUT2D eigenvalue weighted by molar-refractivity contribution is -0.128. The Morgan fingerprint density at radius 2 is 1.73 bits per heavy atom. The van der Waals surface area contributed by atoms with Gasteiger partial charge in [0.2, 0.25) is 12.1 Å². The Bertz CT molecular complexity index is 1480. The van der Waals surface area contributed by atoms with Crippen molar-refractivity contribution in [3.8, 4) is 0 Å². The number of carbonyl (C=O) groups is 3. The van der Waals surface area contributed by atoms with Gasteiger partial charge in [-0.1, -0.05) is 60.7 Å². The topological polar surface area (TPSA) is 100 Å². The molecule has 2 N–H and O–H groups in total. The fraction of sp³-hybridized carbons (Fsp3) is 0.290. The molecule has 0 bridgehead atoms. The van der Waals surface area contributed by atoms with Gasteiger partial charge in [0, 0.05) is 24.1 Å². The van der Waals surface area contributed by atoms with Gasteiger partial charge >= 0.3 is 6.09 Å². The molecule has 3 amide bonds. The van der Waals surface area contributed by atoms with Crippen LogP contribution in [0.4, 0.5) is 14.9 Å². The second-order valence-electron chi connectivity index (χ2n) is 10.8. The van der Waals surface area contributed by atoms with E-state index in [4.69, 9.17) is 4.74 Å². The molecule has 0 spiro atoms. The molecule has 40 heavy (non-hydrogen) atoms. The quantitative estimate of drug-likeness (QED) is 0.489. The summed E-state index contributed by atoms with van der Waals surface area (Å²) in [5, 5.41) is 5.37. The number of halogens is 1. The molecule has 9 heteroatoms. The Kier molecular flexibility index (Phi) is 7.38. The molecule has 2 aliphatic rings. The maximum absolute atomic E-state index is 15.0. The van der Waals surface area contributed by atoms with Crippen molar-refractivity contribution in [3.63, 3.8) is 0 Å². The Balaban J connectivity index is 1.50. The van der Waals surface area contributed by atoms with Crippen molar-refractivity contribution >= 4 is 29.3 Å². The minimum atomic E-state index is -1.33. The number of alkyl carbamates (subject to hydrolysis) is 1. The standard InChI is InChI=1S/C31H31FN4O4/c1-31(2,3)40-30(39)33-24(18-19-10-5-4-6-11-19)28(37)35-27-29(38)36-17-16-20-12-9-14-22(26(20)36)25(34-27)21-13-7-8-15-23(21)32/h4-15,24,27H,16-18H2,1-3H3,(H,33,39)(H,35,37)/t24-,27-/m0/s1. The largest absolute Gasteiger partial charge is 0.444 e. The van der Waals surface area contributed by atoms with Crippen LogP contribution in [-0.4, -0.2) is 48.0 Å². The molecule has 8 nitrogen and oxygen atoms in total. The van der Waals surface area contributed by atoms with Gasteiger partial charge in [0.1, 0.15) is 17.5 Å². The summed E-state index contributed by atoms with van der Waals surface area (Å²) in [6, 6.07) is 20.0. The molecule has 0 fully saturated rings. The zero-order valence-electron chi connectivity index (χ0n) is 22.6. The fourth-order valence-electron chi connectivity index (χ4n) is 4.97. The van der Waals surface area contributed by atoms with Crippen molar-refractivity contribution in [3.05, 3.63) is 101 Å². The SMILES string of the molecule is CC(C)(C)OC(=O)N[C@@H](Cc1ccccc1)C(=O)N[C@@H]1N=C(c2ccccc2F)c2cccc3c2N(CC3)C1=O. The van der Waals surface area contributed by atoms with Gasteiger partial charge in [-0.3, -0.25) is 9.59 Å². The summed E-state index contributed by atoms with van der Waals surface area (Å²) in [4.78, 5) is 46.3. The average Bonchev–Trinajstić information content (AvgIpc) is 3.30. The molecule has 5 rings (SSSR count). The highest BCUT2D eigenvalue weighted by molar-refractivity contribution is 6.21. The highest BCUT2D eigenvalue weighted by atomic mass is 19.1. The van der Waals surface area contributed by atoms with Crippen molar-refractivity contribution in [2.45, 2.75) is 51.4 Å². The Hall–Kier alpha value is -4.53. The number of rotatable bonds is 6. The third kappa shape index (κ3) is 5.73. The molecule has 0 aliphatic carbocycles. The first-order chi connectivity index (χ1) is 19.1. The van der Waals surface area contributed by atoms with E-state index >= 15 is 4.39 Å². The van der Waals surface area contributed by atoms with Gasteiger partial charge in [0.15, 0.2) is 0 Å². The number of amides is 3. The zero-order valence-corrected chi connectivity index (χ0v) is 22.6. The molecule has 0 radical (unpaired) electrons. The maximum atomic E-state index is 15.0. The summed E-state index contributed by atoms with van der Waals surface area (Å²) in [6.07, 6.45) is -1.30. The summed E-state index contributed by atoms with van der Waals surface area (Å²) in [5.41, 5.74) is 2.79. The summed E-state index contributed by atoms with van der Waals surface area (Å²) in [7, 11) is 0. The lowest BCUT2D eigenvalue weighted by Crippen LogP contribution is -2.54. The van der Waals surface area contributed by atoms with E-state index in [0.717, 1.165) is 11.1 Å². The van der Waals surface area contributed by atoms with Crippen molar-refractivity contribution in [1.29, 1.82) is 0 Å². The van der Waals surface area contributed by atoms with Gasteiger partial charge in [-0.15, -0.1) is 0 Å². The van der Waals surface area contributed by atoms with Gasteiger partial charge in [0.25, 0.3) is 5.91 Å². The number of nitrogens with one attached hydrogen (secondary N) is 2. The minimum Gasteiger partial charge on any atom is -0.444 e. The van der Waals surface area contributed by atoms with E-state index in [-0.39, 0.29) is 17.7 Å². The molecule has 0 aromatic heterocycles. The maximum Gasteiger partial charge on any atom is 0.408 e. The molecule has 3 aromatic rings. The summed E-state index contributed by atoms with van der Waals surface area (Å²) < 4.78 is 20.4. The molecule has 0 saturated heterocycles.